The summed E-state index contributed by atoms with van der Waals surface area (Å²) in [5.41, 5.74) is 0.521. The molecule has 7 nitrogen and oxygen atoms in total. The lowest BCUT2D eigenvalue weighted by Crippen LogP contribution is -2.30. The molecule has 118 valence electrons. The third-order valence-electron chi connectivity index (χ3n) is 4.20. The van der Waals surface area contributed by atoms with Crippen molar-refractivity contribution in [2.24, 2.45) is 5.92 Å². The Morgan fingerprint density at radius 3 is 3.00 bits per heavy atom. The number of hydrogen-bond acceptors (Lipinski definition) is 6. The Hall–Kier alpha value is -1.99. The average Bonchev–Trinajstić information content (AvgIpc) is 2.77. The van der Waals surface area contributed by atoms with Gasteiger partial charge in [0.15, 0.2) is 0 Å². The Bertz CT molecular complexity index is 591. The highest BCUT2D eigenvalue weighted by Crippen LogP contribution is 2.46. The summed E-state index contributed by atoms with van der Waals surface area (Å²) in [6.45, 7) is 2.69. The number of benzene rings is 1. The number of carbonyl (C=O) groups excluding carboxylic acids is 1. The van der Waals surface area contributed by atoms with Crippen molar-refractivity contribution in [3.63, 3.8) is 0 Å². The molecular weight excluding hydrogens is 288 g/mol. The lowest BCUT2D eigenvalue weighted by molar-refractivity contribution is -0.386. The van der Waals surface area contributed by atoms with Crippen molar-refractivity contribution >= 4 is 11.7 Å². The number of rotatable bonds is 4. The molecule has 2 saturated heterocycles. The van der Waals surface area contributed by atoms with Crippen molar-refractivity contribution in [2.45, 2.75) is 31.9 Å². The molecule has 0 N–H and O–H groups in total. The van der Waals surface area contributed by atoms with E-state index in [4.69, 9.17) is 9.57 Å². The lowest BCUT2D eigenvalue weighted by Gasteiger charge is -2.25. The van der Waals surface area contributed by atoms with Crippen LogP contribution < -0.4 is 0 Å². The van der Waals surface area contributed by atoms with Crippen LogP contribution in [-0.4, -0.2) is 35.2 Å². The van der Waals surface area contributed by atoms with Gasteiger partial charge in [-0.25, -0.2) is 0 Å². The minimum absolute atomic E-state index is 0.0120. The Morgan fingerprint density at radius 1 is 1.50 bits per heavy atom. The molecule has 0 amide bonds. The average molecular weight is 306 g/mol. The van der Waals surface area contributed by atoms with Gasteiger partial charge in [-0.2, -0.15) is 5.06 Å². The summed E-state index contributed by atoms with van der Waals surface area (Å²) in [5, 5.41) is 13.0. The van der Waals surface area contributed by atoms with Gasteiger partial charge in [-0.3, -0.25) is 19.7 Å². The standard InChI is InChI=1S/C15H18N2O5/c1-2-21-15(18)13-12-8-5-9-16(22-12)14(13)10-6-3-4-7-11(10)17(19)20/h3-4,6-7,12-14H,2,5,8-9H2,1H3/t12-,13+,14-/m1/s1. The first kappa shape index (κ1) is 14.9. The Labute approximate surface area is 127 Å². The first-order valence-corrected chi connectivity index (χ1v) is 7.47. The minimum atomic E-state index is -0.524. The van der Waals surface area contributed by atoms with Crippen LogP contribution in [0.4, 0.5) is 5.69 Å². The molecule has 2 fully saturated rings. The molecule has 0 aliphatic carbocycles. The second kappa shape index (κ2) is 6.02. The molecule has 1 aromatic rings. The molecule has 4 atom stereocenters. The number of hydroxylamine groups is 2. The second-order valence-electron chi connectivity index (χ2n) is 5.47. The maximum absolute atomic E-state index is 12.4. The maximum Gasteiger partial charge on any atom is 0.313 e. The zero-order valence-electron chi connectivity index (χ0n) is 12.3. The molecule has 2 aliphatic heterocycles. The molecule has 7 heteroatoms. The molecule has 1 unspecified atom stereocenters. The van der Waals surface area contributed by atoms with E-state index >= 15 is 0 Å². The Balaban J connectivity index is 2.02. The predicted molar refractivity (Wildman–Crippen MR) is 76.8 cm³/mol. The number of nitro benzene ring substituents is 1. The van der Waals surface area contributed by atoms with E-state index in [0.717, 1.165) is 12.8 Å². The summed E-state index contributed by atoms with van der Waals surface area (Å²) in [5.74, 6) is -0.872. The van der Waals surface area contributed by atoms with Crippen LogP contribution in [0.5, 0.6) is 0 Å². The maximum atomic E-state index is 12.4. The van der Waals surface area contributed by atoms with Gasteiger partial charge in [0.25, 0.3) is 5.69 Å². The molecular formula is C15H18N2O5. The number of carbonyl (C=O) groups is 1. The van der Waals surface area contributed by atoms with Gasteiger partial charge in [0.05, 0.1) is 29.2 Å². The highest BCUT2D eigenvalue weighted by Gasteiger charge is 2.52. The Morgan fingerprint density at radius 2 is 2.27 bits per heavy atom. The van der Waals surface area contributed by atoms with E-state index in [-0.39, 0.29) is 24.4 Å². The van der Waals surface area contributed by atoms with Crippen LogP contribution in [0.3, 0.4) is 0 Å². The second-order valence-corrected chi connectivity index (χ2v) is 5.47. The zero-order valence-corrected chi connectivity index (χ0v) is 12.3. The summed E-state index contributed by atoms with van der Waals surface area (Å²) in [6, 6.07) is 6.06. The van der Waals surface area contributed by atoms with Gasteiger partial charge >= 0.3 is 5.97 Å². The van der Waals surface area contributed by atoms with Gasteiger partial charge < -0.3 is 4.74 Å². The lowest BCUT2D eigenvalue weighted by atomic mass is 9.88. The summed E-state index contributed by atoms with van der Waals surface area (Å²) >= 11 is 0. The molecule has 1 aromatic carbocycles. The predicted octanol–water partition coefficient (Wildman–Crippen LogP) is 2.22. The van der Waals surface area contributed by atoms with E-state index in [1.165, 1.54) is 6.07 Å². The quantitative estimate of drug-likeness (QED) is 0.482. The van der Waals surface area contributed by atoms with Crippen molar-refractivity contribution in [2.75, 3.05) is 13.2 Å². The fraction of sp³-hybridized carbons (Fsp3) is 0.533. The zero-order chi connectivity index (χ0) is 15.7. The molecule has 3 rings (SSSR count). The van der Waals surface area contributed by atoms with E-state index in [1.54, 1.807) is 30.2 Å². The first-order chi connectivity index (χ1) is 10.6. The number of nitro groups is 1. The number of hydrogen-bond donors (Lipinski definition) is 0. The van der Waals surface area contributed by atoms with Crippen LogP contribution in [0.2, 0.25) is 0 Å². The molecule has 0 spiro atoms. The summed E-state index contributed by atoms with van der Waals surface area (Å²) in [4.78, 5) is 29.0. The molecule has 0 radical (unpaired) electrons. The third kappa shape index (κ3) is 2.46. The van der Waals surface area contributed by atoms with Crippen LogP contribution in [0, 0.1) is 16.0 Å². The van der Waals surface area contributed by atoms with Gasteiger partial charge in [0.1, 0.15) is 5.92 Å². The fourth-order valence-electron chi connectivity index (χ4n) is 3.33. The van der Waals surface area contributed by atoms with Gasteiger partial charge in [0, 0.05) is 12.6 Å². The summed E-state index contributed by atoms with van der Waals surface area (Å²) in [6.07, 6.45) is 1.40. The summed E-state index contributed by atoms with van der Waals surface area (Å²) < 4.78 is 5.17. The van der Waals surface area contributed by atoms with Crippen LogP contribution in [0.25, 0.3) is 0 Å². The van der Waals surface area contributed by atoms with Crippen LogP contribution in [0.15, 0.2) is 24.3 Å². The van der Waals surface area contributed by atoms with Crippen molar-refractivity contribution in [1.82, 2.24) is 5.06 Å². The van der Waals surface area contributed by atoms with E-state index in [1.807, 2.05) is 0 Å². The highest BCUT2D eigenvalue weighted by atomic mass is 16.7. The highest BCUT2D eigenvalue weighted by molar-refractivity contribution is 5.75. The largest absolute Gasteiger partial charge is 0.466 e. The summed E-state index contributed by atoms with van der Waals surface area (Å²) in [7, 11) is 0. The smallest absolute Gasteiger partial charge is 0.313 e. The molecule has 0 saturated carbocycles. The topological polar surface area (TPSA) is 81.9 Å². The molecule has 2 aliphatic rings. The van der Waals surface area contributed by atoms with Crippen molar-refractivity contribution in [1.29, 1.82) is 0 Å². The molecule has 0 aromatic heterocycles. The molecule has 2 heterocycles. The minimum Gasteiger partial charge on any atom is -0.466 e. The van der Waals surface area contributed by atoms with Crippen molar-refractivity contribution in [3.05, 3.63) is 39.9 Å². The number of ether oxygens (including phenoxy) is 1. The Kier molecular flexibility index (Phi) is 4.08. The third-order valence-corrected chi connectivity index (χ3v) is 4.20. The van der Waals surface area contributed by atoms with Crippen molar-refractivity contribution in [3.8, 4) is 0 Å². The van der Waals surface area contributed by atoms with Crippen LogP contribution in [0.1, 0.15) is 31.4 Å². The number of nitrogens with zero attached hydrogens (tertiary/aromatic N) is 2. The molecule has 22 heavy (non-hydrogen) atoms. The van der Waals surface area contributed by atoms with Gasteiger partial charge in [-0.05, 0) is 19.8 Å². The van der Waals surface area contributed by atoms with Crippen molar-refractivity contribution < 1.29 is 19.3 Å². The normalized spacial score (nSPS) is 30.0. The number of esters is 1. The van der Waals surface area contributed by atoms with Gasteiger partial charge in [0.2, 0.25) is 0 Å². The monoisotopic (exact) mass is 306 g/mol. The van der Waals surface area contributed by atoms with Gasteiger partial charge in [-0.1, -0.05) is 18.2 Å². The SMILES string of the molecule is CCOC(=O)[C@@H]1[C@@H](c2ccccc2[N+](=O)[O-])N2CCC[C@H]1O2. The number of para-hydroxylation sites is 1. The number of fused-ring (bicyclic) bond motifs is 2. The van der Waals surface area contributed by atoms with E-state index in [2.05, 4.69) is 0 Å². The van der Waals surface area contributed by atoms with Gasteiger partial charge in [-0.15, -0.1) is 0 Å². The van der Waals surface area contributed by atoms with E-state index in [0.29, 0.717) is 12.1 Å². The van der Waals surface area contributed by atoms with Crippen LogP contribution in [-0.2, 0) is 14.4 Å². The van der Waals surface area contributed by atoms with E-state index < -0.39 is 16.9 Å². The van der Waals surface area contributed by atoms with Crippen LogP contribution >= 0.6 is 0 Å². The first-order valence-electron chi connectivity index (χ1n) is 7.47. The molecule has 2 bridgehead atoms. The fourth-order valence-corrected chi connectivity index (χ4v) is 3.33. The van der Waals surface area contributed by atoms with E-state index in [9.17, 15) is 14.9 Å².